The Hall–Kier alpha value is -1.20. The SMILES string of the molecule is O=[N+]([O-])c1cc(Br)ccc1/C=C(/CO)C1CCCCC1. The smallest absolute Gasteiger partial charge is 0.277 e. The highest BCUT2D eigenvalue weighted by atomic mass is 79.9. The Bertz CT molecular complexity index is 522. The molecule has 0 aliphatic heterocycles. The third-order valence-electron chi connectivity index (χ3n) is 3.84. The Balaban J connectivity index is 2.33. The van der Waals surface area contributed by atoms with E-state index in [2.05, 4.69) is 15.9 Å². The third-order valence-corrected chi connectivity index (χ3v) is 4.34. The molecule has 0 saturated heterocycles. The van der Waals surface area contributed by atoms with Crippen molar-refractivity contribution < 1.29 is 10.0 Å². The van der Waals surface area contributed by atoms with Gasteiger partial charge in [0.2, 0.25) is 0 Å². The van der Waals surface area contributed by atoms with Crippen molar-refractivity contribution in [2.45, 2.75) is 32.1 Å². The molecule has 0 bridgehead atoms. The van der Waals surface area contributed by atoms with Gasteiger partial charge in [-0.2, -0.15) is 0 Å². The summed E-state index contributed by atoms with van der Waals surface area (Å²) in [5.74, 6) is 0.358. The molecule has 0 unspecified atom stereocenters. The summed E-state index contributed by atoms with van der Waals surface area (Å²) < 4.78 is 0.685. The van der Waals surface area contributed by atoms with Crippen LogP contribution in [-0.2, 0) is 0 Å². The van der Waals surface area contributed by atoms with E-state index in [0.717, 1.165) is 18.4 Å². The van der Waals surface area contributed by atoms with Crippen molar-refractivity contribution in [3.8, 4) is 0 Å². The van der Waals surface area contributed by atoms with Crippen LogP contribution in [0.5, 0.6) is 0 Å². The lowest BCUT2D eigenvalue weighted by molar-refractivity contribution is -0.385. The Morgan fingerprint density at radius 2 is 2.10 bits per heavy atom. The van der Waals surface area contributed by atoms with Gasteiger partial charge >= 0.3 is 0 Å². The number of benzene rings is 1. The summed E-state index contributed by atoms with van der Waals surface area (Å²) in [4.78, 5) is 10.7. The van der Waals surface area contributed by atoms with Crippen LogP contribution in [0, 0.1) is 16.0 Å². The average molecular weight is 340 g/mol. The molecule has 5 heteroatoms. The number of nitrogens with zero attached hydrogens (tertiary/aromatic N) is 1. The molecule has 0 amide bonds. The lowest BCUT2D eigenvalue weighted by Crippen LogP contribution is -2.11. The Morgan fingerprint density at radius 1 is 1.40 bits per heavy atom. The monoisotopic (exact) mass is 339 g/mol. The van der Waals surface area contributed by atoms with Crippen molar-refractivity contribution in [1.29, 1.82) is 0 Å². The number of rotatable bonds is 4. The Labute approximate surface area is 126 Å². The minimum Gasteiger partial charge on any atom is -0.392 e. The van der Waals surface area contributed by atoms with Crippen molar-refractivity contribution in [2.24, 2.45) is 5.92 Å². The molecule has 108 valence electrons. The van der Waals surface area contributed by atoms with Gasteiger partial charge in [-0.3, -0.25) is 10.1 Å². The molecule has 0 spiro atoms. The second-order valence-electron chi connectivity index (χ2n) is 5.17. The molecule has 1 saturated carbocycles. The molecule has 0 aromatic heterocycles. The van der Waals surface area contributed by atoms with Gasteiger partial charge in [-0.05, 0) is 42.5 Å². The van der Waals surface area contributed by atoms with E-state index < -0.39 is 0 Å². The van der Waals surface area contributed by atoms with Crippen LogP contribution < -0.4 is 0 Å². The van der Waals surface area contributed by atoms with Crippen LogP contribution in [-0.4, -0.2) is 16.6 Å². The fourth-order valence-electron chi connectivity index (χ4n) is 2.76. The van der Waals surface area contributed by atoms with Crippen molar-refractivity contribution in [3.05, 3.63) is 43.9 Å². The zero-order valence-electron chi connectivity index (χ0n) is 11.2. The van der Waals surface area contributed by atoms with Gasteiger partial charge in [0.25, 0.3) is 5.69 Å². The topological polar surface area (TPSA) is 63.4 Å². The molecule has 2 rings (SSSR count). The fraction of sp³-hybridized carbons (Fsp3) is 0.467. The maximum atomic E-state index is 11.1. The van der Waals surface area contributed by atoms with Crippen LogP contribution in [0.15, 0.2) is 28.2 Å². The molecule has 0 atom stereocenters. The van der Waals surface area contributed by atoms with Crippen LogP contribution >= 0.6 is 15.9 Å². The first-order valence-corrected chi connectivity index (χ1v) is 7.66. The van der Waals surface area contributed by atoms with E-state index in [9.17, 15) is 15.2 Å². The van der Waals surface area contributed by atoms with Crippen molar-refractivity contribution in [2.75, 3.05) is 6.61 Å². The largest absolute Gasteiger partial charge is 0.392 e. The number of aliphatic hydroxyl groups excluding tert-OH is 1. The number of hydrogen-bond donors (Lipinski definition) is 1. The molecule has 1 aliphatic rings. The first kappa shape index (κ1) is 15.2. The first-order valence-electron chi connectivity index (χ1n) is 6.87. The molecule has 1 aromatic carbocycles. The Morgan fingerprint density at radius 3 is 2.70 bits per heavy atom. The minimum atomic E-state index is -0.382. The van der Waals surface area contributed by atoms with Crippen LogP contribution in [0.3, 0.4) is 0 Å². The zero-order chi connectivity index (χ0) is 14.5. The lowest BCUT2D eigenvalue weighted by atomic mass is 9.83. The van der Waals surface area contributed by atoms with E-state index in [1.165, 1.54) is 25.3 Å². The summed E-state index contributed by atoms with van der Waals surface area (Å²) in [6.07, 6.45) is 7.51. The lowest BCUT2D eigenvalue weighted by Gasteiger charge is -2.23. The molecule has 1 aromatic rings. The third kappa shape index (κ3) is 3.67. The first-order chi connectivity index (χ1) is 9.61. The quantitative estimate of drug-likeness (QED) is 0.656. The summed E-state index contributed by atoms with van der Waals surface area (Å²) in [5.41, 5.74) is 1.55. The molecule has 1 aliphatic carbocycles. The number of hydrogen-bond acceptors (Lipinski definition) is 3. The second-order valence-corrected chi connectivity index (χ2v) is 6.09. The minimum absolute atomic E-state index is 0.0299. The van der Waals surface area contributed by atoms with Gasteiger partial charge in [0.15, 0.2) is 0 Å². The summed E-state index contributed by atoms with van der Waals surface area (Å²) in [6.45, 7) is -0.0299. The van der Waals surface area contributed by atoms with Gasteiger partial charge < -0.3 is 5.11 Å². The predicted octanol–water partition coefficient (Wildman–Crippen LogP) is 4.31. The van der Waals surface area contributed by atoms with Crippen LogP contribution in [0.1, 0.15) is 37.7 Å². The van der Waals surface area contributed by atoms with Crippen LogP contribution in [0.25, 0.3) is 6.08 Å². The molecule has 0 heterocycles. The summed E-state index contributed by atoms with van der Waals surface area (Å²) in [7, 11) is 0. The fourth-order valence-corrected chi connectivity index (χ4v) is 3.11. The van der Waals surface area contributed by atoms with Crippen molar-refractivity contribution in [3.63, 3.8) is 0 Å². The normalized spacial score (nSPS) is 17.2. The summed E-state index contributed by atoms with van der Waals surface area (Å²) in [5, 5.41) is 20.7. The standard InChI is InChI=1S/C15H18BrNO3/c16-14-7-6-12(15(9-14)17(19)20)8-13(10-18)11-4-2-1-3-5-11/h6-9,11,18H,1-5,10H2/b13-8-. The molecule has 1 N–H and O–H groups in total. The van der Waals surface area contributed by atoms with Gasteiger partial charge in [0, 0.05) is 10.5 Å². The number of nitro groups is 1. The summed E-state index contributed by atoms with van der Waals surface area (Å²) in [6, 6.07) is 5.01. The summed E-state index contributed by atoms with van der Waals surface area (Å²) >= 11 is 3.25. The van der Waals surface area contributed by atoms with E-state index in [4.69, 9.17) is 0 Å². The molecular formula is C15H18BrNO3. The van der Waals surface area contributed by atoms with Gasteiger partial charge in [0.05, 0.1) is 17.1 Å². The average Bonchev–Trinajstić information content (AvgIpc) is 2.46. The van der Waals surface area contributed by atoms with Crippen molar-refractivity contribution in [1.82, 2.24) is 0 Å². The van der Waals surface area contributed by atoms with E-state index >= 15 is 0 Å². The highest BCUT2D eigenvalue weighted by Gasteiger charge is 2.19. The van der Waals surface area contributed by atoms with Crippen molar-refractivity contribution >= 4 is 27.7 Å². The Kier molecular flexibility index (Phi) is 5.31. The molecular weight excluding hydrogens is 322 g/mol. The maximum Gasteiger partial charge on any atom is 0.277 e. The van der Waals surface area contributed by atoms with E-state index in [1.807, 2.05) is 0 Å². The zero-order valence-corrected chi connectivity index (χ0v) is 12.8. The number of nitro benzene ring substituents is 1. The maximum absolute atomic E-state index is 11.1. The molecule has 20 heavy (non-hydrogen) atoms. The molecule has 4 nitrogen and oxygen atoms in total. The molecule has 0 radical (unpaired) electrons. The second kappa shape index (κ2) is 6.99. The highest BCUT2D eigenvalue weighted by Crippen LogP contribution is 2.32. The predicted molar refractivity (Wildman–Crippen MR) is 82.4 cm³/mol. The number of halogens is 1. The van der Waals surface area contributed by atoms with E-state index in [1.54, 1.807) is 18.2 Å². The van der Waals surface area contributed by atoms with Gasteiger partial charge in [-0.25, -0.2) is 0 Å². The van der Waals surface area contributed by atoms with Gasteiger partial charge in [0.1, 0.15) is 0 Å². The number of aliphatic hydroxyl groups is 1. The van der Waals surface area contributed by atoms with E-state index in [0.29, 0.717) is 16.0 Å². The van der Waals surface area contributed by atoms with Crippen LogP contribution in [0.2, 0.25) is 0 Å². The van der Waals surface area contributed by atoms with Gasteiger partial charge in [-0.1, -0.05) is 35.2 Å². The van der Waals surface area contributed by atoms with Crippen LogP contribution in [0.4, 0.5) is 5.69 Å². The molecule has 1 fully saturated rings. The van der Waals surface area contributed by atoms with E-state index in [-0.39, 0.29) is 17.2 Å². The van der Waals surface area contributed by atoms with Gasteiger partial charge in [-0.15, -0.1) is 0 Å². The highest BCUT2D eigenvalue weighted by molar-refractivity contribution is 9.10.